The van der Waals surface area contributed by atoms with Gasteiger partial charge in [0.2, 0.25) is 5.91 Å². The number of hydrogen-bond acceptors (Lipinski definition) is 3. The number of nitrogens with zero attached hydrogens (tertiary/aromatic N) is 1. The molecule has 2 aromatic rings. The lowest BCUT2D eigenvalue weighted by atomic mass is 10.1. The first kappa shape index (κ1) is 19.9. The van der Waals surface area contributed by atoms with Gasteiger partial charge in [0.25, 0.3) is 0 Å². The number of aryl methyl sites for hydroxylation is 1. The first-order chi connectivity index (χ1) is 13.6. The topological polar surface area (TPSA) is 73.5 Å². The number of urea groups is 1. The van der Waals surface area contributed by atoms with Crippen molar-refractivity contribution in [2.75, 3.05) is 25.5 Å². The number of anilines is 1. The predicted octanol–water partition coefficient (Wildman–Crippen LogP) is 2.76. The van der Waals surface area contributed by atoms with Crippen LogP contribution in [0.4, 0.5) is 10.5 Å². The molecule has 2 aromatic carbocycles. The van der Waals surface area contributed by atoms with Gasteiger partial charge in [-0.3, -0.25) is 9.69 Å². The Bertz CT molecular complexity index is 794. The summed E-state index contributed by atoms with van der Waals surface area (Å²) in [6.07, 6.45) is 2.03. The fourth-order valence-corrected chi connectivity index (χ4v) is 3.48. The van der Waals surface area contributed by atoms with E-state index in [0.29, 0.717) is 12.8 Å². The minimum Gasteiger partial charge on any atom is -0.359 e. The summed E-state index contributed by atoms with van der Waals surface area (Å²) in [5.41, 5.74) is 3.06. The molecule has 0 saturated carbocycles. The second-order valence-corrected chi connectivity index (χ2v) is 7.18. The molecule has 6 heteroatoms. The zero-order chi connectivity index (χ0) is 19.8. The molecule has 0 aromatic heterocycles. The van der Waals surface area contributed by atoms with Gasteiger partial charge in [0.1, 0.15) is 0 Å². The summed E-state index contributed by atoms with van der Waals surface area (Å²) in [6, 6.07) is 18.0. The largest absolute Gasteiger partial charge is 0.359 e. The summed E-state index contributed by atoms with van der Waals surface area (Å²) >= 11 is 0. The van der Waals surface area contributed by atoms with Crippen LogP contribution in [0.15, 0.2) is 54.6 Å². The van der Waals surface area contributed by atoms with Crippen LogP contribution in [0.3, 0.4) is 0 Å². The number of amides is 3. The Kier molecular flexibility index (Phi) is 7.03. The van der Waals surface area contributed by atoms with E-state index in [1.54, 1.807) is 7.05 Å². The highest BCUT2D eigenvalue weighted by Gasteiger charge is 2.23. The van der Waals surface area contributed by atoms with E-state index >= 15 is 0 Å². The first-order valence-electron chi connectivity index (χ1n) is 9.75. The van der Waals surface area contributed by atoms with E-state index in [9.17, 15) is 9.59 Å². The molecule has 3 amide bonds. The maximum absolute atomic E-state index is 12.4. The lowest BCUT2D eigenvalue weighted by molar-refractivity contribution is -0.120. The molecule has 0 aliphatic carbocycles. The molecule has 1 fully saturated rings. The van der Waals surface area contributed by atoms with Crippen molar-refractivity contribution in [2.24, 2.45) is 0 Å². The Morgan fingerprint density at radius 1 is 1.07 bits per heavy atom. The van der Waals surface area contributed by atoms with Crippen LogP contribution in [0, 0.1) is 0 Å². The van der Waals surface area contributed by atoms with E-state index in [0.717, 1.165) is 37.3 Å². The minimum atomic E-state index is -0.185. The molecule has 1 saturated heterocycles. The highest BCUT2D eigenvalue weighted by molar-refractivity contribution is 5.89. The van der Waals surface area contributed by atoms with Gasteiger partial charge < -0.3 is 16.0 Å². The smallest absolute Gasteiger partial charge is 0.319 e. The van der Waals surface area contributed by atoms with E-state index in [1.807, 2.05) is 30.3 Å². The molecule has 1 unspecified atom stereocenters. The Morgan fingerprint density at radius 2 is 1.86 bits per heavy atom. The van der Waals surface area contributed by atoms with Crippen LogP contribution >= 0.6 is 0 Å². The van der Waals surface area contributed by atoms with Gasteiger partial charge in [0, 0.05) is 44.8 Å². The van der Waals surface area contributed by atoms with Gasteiger partial charge in [-0.25, -0.2) is 4.79 Å². The number of likely N-dealkylation sites (tertiary alicyclic amines) is 1. The number of carbonyl (C=O) groups excluding carboxylic acids is 2. The summed E-state index contributed by atoms with van der Waals surface area (Å²) in [5, 5.41) is 8.59. The van der Waals surface area contributed by atoms with Gasteiger partial charge in [0.05, 0.1) is 0 Å². The number of carbonyl (C=O) groups is 2. The number of benzene rings is 2. The third-order valence-electron chi connectivity index (χ3n) is 4.96. The van der Waals surface area contributed by atoms with Crippen molar-refractivity contribution >= 4 is 17.6 Å². The molecular formula is C22H28N4O2. The van der Waals surface area contributed by atoms with Crippen LogP contribution in [0.2, 0.25) is 0 Å². The third kappa shape index (κ3) is 6.09. The van der Waals surface area contributed by atoms with Gasteiger partial charge in [-0.1, -0.05) is 42.5 Å². The van der Waals surface area contributed by atoms with E-state index < -0.39 is 0 Å². The zero-order valence-electron chi connectivity index (χ0n) is 16.3. The minimum absolute atomic E-state index is 0.0115. The van der Waals surface area contributed by atoms with Gasteiger partial charge in [-0.2, -0.15) is 0 Å². The van der Waals surface area contributed by atoms with Gasteiger partial charge in [-0.05, 0) is 36.1 Å². The molecule has 0 bridgehead atoms. The monoisotopic (exact) mass is 380 g/mol. The second kappa shape index (κ2) is 9.90. The predicted molar refractivity (Wildman–Crippen MR) is 111 cm³/mol. The van der Waals surface area contributed by atoms with E-state index in [1.165, 1.54) is 5.56 Å². The van der Waals surface area contributed by atoms with Gasteiger partial charge >= 0.3 is 6.03 Å². The second-order valence-electron chi connectivity index (χ2n) is 7.18. The summed E-state index contributed by atoms with van der Waals surface area (Å²) < 4.78 is 0. The molecule has 6 nitrogen and oxygen atoms in total. The normalized spacial score (nSPS) is 16.5. The molecule has 3 rings (SSSR count). The van der Waals surface area contributed by atoms with Crippen molar-refractivity contribution < 1.29 is 9.59 Å². The fourth-order valence-electron chi connectivity index (χ4n) is 3.48. The van der Waals surface area contributed by atoms with Crippen molar-refractivity contribution in [1.82, 2.24) is 15.5 Å². The van der Waals surface area contributed by atoms with Gasteiger partial charge in [0.15, 0.2) is 0 Å². The highest BCUT2D eigenvalue weighted by atomic mass is 16.2. The Hall–Kier alpha value is -2.86. The van der Waals surface area contributed by atoms with E-state index in [-0.39, 0.29) is 18.0 Å². The van der Waals surface area contributed by atoms with Gasteiger partial charge in [-0.15, -0.1) is 0 Å². The first-order valence-corrected chi connectivity index (χ1v) is 9.75. The van der Waals surface area contributed by atoms with Crippen molar-refractivity contribution in [1.29, 1.82) is 0 Å². The average Bonchev–Trinajstić information content (AvgIpc) is 3.13. The van der Waals surface area contributed by atoms with Crippen molar-refractivity contribution in [3.63, 3.8) is 0 Å². The van der Waals surface area contributed by atoms with Crippen molar-refractivity contribution in [2.45, 2.75) is 31.8 Å². The average molecular weight is 380 g/mol. The molecule has 1 aliphatic heterocycles. The van der Waals surface area contributed by atoms with E-state index in [4.69, 9.17) is 0 Å². The molecule has 0 spiro atoms. The highest BCUT2D eigenvalue weighted by Crippen LogP contribution is 2.15. The quantitative estimate of drug-likeness (QED) is 0.692. The molecular weight excluding hydrogens is 352 g/mol. The van der Waals surface area contributed by atoms with Crippen molar-refractivity contribution in [3.05, 3.63) is 65.7 Å². The lowest BCUT2D eigenvalue weighted by Gasteiger charge is -2.17. The van der Waals surface area contributed by atoms with Crippen molar-refractivity contribution in [3.8, 4) is 0 Å². The molecule has 148 valence electrons. The molecule has 3 N–H and O–H groups in total. The fraction of sp³-hybridized carbons (Fsp3) is 0.364. The molecule has 28 heavy (non-hydrogen) atoms. The van der Waals surface area contributed by atoms with Crippen LogP contribution in [0.25, 0.3) is 0 Å². The maximum atomic E-state index is 12.4. The van der Waals surface area contributed by atoms with Crippen LogP contribution in [-0.4, -0.2) is 43.0 Å². The summed E-state index contributed by atoms with van der Waals surface area (Å²) in [5.74, 6) is 0.0115. The number of nitrogens with one attached hydrogen (secondary N) is 3. The molecule has 1 heterocycles. The Balaban J connectivity index is 1.45. The molecule has 0 radical (unpaired) electrons. The van der Waals surface area contributed by atoms with Crippen LogP contribution in [0.1, 0.15) is 24.0 Å². The summed E-state index contributed by atoms with van der Waals surface area (Å²) in [6.45, 7) is 2.75. The van der Waals surface area contributed by atoms with Crippen LogP contribution in [-0.2, 0) is 17.8 Å². The molecule has 1 atom stereocenters. The third-order valence-corrected chi connectivity index (χ3v) is 4.96. The Morgan fingerprint density at radius 3 is 2.64 bits per heavy atom. The lowest BCUT2D eigenvalue weighted by Crippen LogP contribution is -2.39. The summed E-state index contributed by atoms with van der Waals surface area (Å²) in [7, 11) is 1.63. The van der Waals surface area contributed by atoms with Crippen LogP contribution in [0.5, 0.6) is 0 Å². The van der Waals surface area contributed by atoms with Crippen LogP contribution < -0.4 is 16.0 Å². The number of rotatable bonds is 7. The molecule has 1 aliphatic rings. The Labute approximate surface area is 166 Å². The SMILES string of the molecule is CNC(=O)CCc1cccc(NC(=O)NC2CCN(Cc3ccccc3)C2)c1. The standard InChI is InChI=1S/C22H28N4O2/c1-23-21(27)11-10-17-8-5-9-19(14-17)24-22(28)25-20-12-13-26(16-20)15-18-6-3-2-4-7-18/h2-9,14,20H,10-13,15-16H2,1H3,(H,23,27)(H2,24,25,28). The summed E-state index contributed by atoms with van der Waals surface area (Å²) in [4.78, 5) is 26.1. The number of hydrogen-bond donors (Lipinski definition) is 3. The zero-order valence-corrected chi connectivity index (χ0v) is 16.3. The van der Waals surface area contributed by atoms with E-state index in [2.05, 4.69) is 45.1 Å². The maximum Gasteiger partial charge on any atom is 0.319 e.